The van der Waals surface area contributed by atoms with Crippen LogP contribution >= 0.6 is 22.9 Å². The number of carbonyl (C=O) groups excluding carboxylic acids is 1. The zero-order valence-electron chi connectivity index (χ0n) is 16.5. The number of ether oxygens (including phenoxy) is 1. The lowest BCUT2D eigenvalue weighted by molar-refractivity contribution is -0.116. The number of amides is 1. The van der Waals surface area contributed by atoms with Gasteiger partial charge in [0.15, 0.2) is 5.13 Å². The van der Waals surface area contributed by atoms with Crippen LogP contribution in [0.3, 0.4) is 0 Å². The van der Waals surface area contributed by atoms with Crippen LogP contribution < -0.4 is 10.1 Å². The fourth-order valence-electron chi connectivity index (χ4n) is 3.18. The molecule has 4 aromatic rings. The molecule has 1 N–H and O–H groups in total. The van der Waals surface area contributed by atoms with Crippen LogP contribution in [0.5, 0.6) is 5.75 Å². The molecule has 0 aliphatic heterocycles. The number of benzene rings is 3. The first-order valence-electron chi connectivity index (χ1n) is 9.72. The Hall–Kier alpha value is -2.89. The molecule has 3 aromatic carbocycles. The summed E-state index contributed by atoms with van der Waals surface area (Å²) in [7, 11) is 0. The topological polar surface area (TPSA) is 51.2 Å². The third-order valence-corrected chi connectivity index (χ3v) is 5.73. The van der Waals surface area contributed by atoms with Crippen LogP contribution in [-0.2, 0) is 4.79 Å². The molecule has 30 heavy (non-hydrogen) atoms. The maximum Gasteiger partial charge on any atom is 0.226 e. The van der Waals surface area contributed by atoms with Crippen LogP contribution in [0.1, 0.15) is 18.4 Å². The molecule has 0 radical (unpaired) electrons. The molecule has 0 fully saturated rings. The van der Waals surface area contributed by atoms with E-state index in [0.717, 1.165) is 22.6 Å². The molecule has 0 unspecified atom stereocenters. The summed E-state index contributed by atoms with van der Waals surface area (Å²) < 4.78 is 5.74. The van der Waals surface area contributed by atoms with Gasteiger partial charge >= 0.3 is 0 Å². The summed E-state index contributed by atoms with van der Waals surface area (Å²) in [5.41, 5.74) is 2.88. The van der Waals surface area contributed by atoms with Crippen LogP contribution in [-0.4, -0.2) is 17.5 Å². The maximum atomic E-state index is 12.2. The quantitative estimate of drug-likeness (QED) is 0.327. The summed E-state index contributed by atoms with van der Waals surface area (Å²) in [5, 5.41) is 8.51. The second-order valence-electron chi connectivity index (χ2n) is 7.01. The second-order valence-corrected chi connectivity index (χ2v) is 8.30. The number of aromatic nitrogens is 1. The van der Waals surface area contributed by atoms with Gasteiger partial charge in [-0.1, -0.05) is 48.0 Å². The highest BCUT2D eigenvalue weighted by atomic mass is 35.5. The molecule has 6 heteroatoms. The lowest BCUT2D eigenvalue weighted by Gasteiger charge is -2.09. The normalized spacial score (nSPS) is 10.9. The van der Waals surface area contributed by atoms with E-state index >= 15 is 0 Å². The average Bonchev–Trinajstić information content (AvgIpc) is 3.20. The second kappa shape index (κ2) is 9.28. The lowest BCUT2D eigenvalue weighted by Crippen LogP contribution is -2.12. The van der Waals surface area contributed by atoms with Gasteiger partial charge in [0.25, 0.3) is 0 Å². The van der Waals surface area contributed by atoms with E-state index in [0.29, 0.717) is 29.6 Å². The number of aryl methyl sites for hydroxylation is 1. The van der Waals surface area contributed by atoms with Gasteiger partial charge in [-0.2, -0.15) is 0 Å². The van der Waals surface area contributed by atoms with Crippen molar-refractivity contribution >= 4 is 44.7 Å². The zero-order chi connectivity index (χ0) is 20.9. The van der Waals surface area contributed by atoms with Crippen molar-refractivity contribution in [3.63, 3.8) is 0 Å². The average molecular weight is 437 g/mol. The van der Waals surface area contributed by atoms with Crippen LogP contribution in [0, 0.1) is 6.92 Å². The smallest absolute Gasteiger partial charge is 0.226 e. The largest absolute Gasteiger partial charge is 0.493 e. The van der Waals surface area contributed by atoms with Gasteiger partial charge in [0, 0.05) is 22.4 Å². The van der Waals surface area contributed by atoms with E-state index in [2.05, 4.69) is 40.6 Å². The molecule has 0 saturated heterocycles. The zero-order valence-corrected chi connectivity index (χ0v) is 18.1. The number of thiazole rings is 1. The standard InChI is InChI=1S/C24H21ClN2O2S/c1-16-13-20(25)10-11-22(16)29-12-4-7-23(28)27-24-26-21(15-30-24)19-9-8-17-5-2-3-6-18(17)14-19/h2-3,5-6,8-11,13-15H,4,7,12H2,1H3,(H,26,27,28). The van der Waals surface area contributed by atoms with E-state index in [4.69, 9.17) is 16.3 Å². The predicted octanol–water partition coefficient (Wildman–Crippen LogP) is 6.72. The highest BCUT2D eigenvalue weighted by molar-refractivity contribution is 7.14. The molecule has 0 aliphatic carbocycles. The van der Waals surface area contributed by atoms with Gasteiger partial charge in [-0.15, -0.1) is 11.3 Å². The maximum absolute atomic E-state index is 12.2. The highest BCUT2D eigenvalue weighted by Crippen LogP contribution is 2.28. The van der Waals surface area contributed by atoms with Crippen LogP contribution in [0.15, 0.2) is 66.0 Å². The Kier molecular flexibility index (Phi) is 6.31. The molecule has 1 aromatic heterocycles. The summed E-state index contributed by atoms with van der Waals surface area (Å²) in [5.74, 6) is 0.727. The first kappa shape index (κ1) is 20.4. The van der Waals surface area contributed by atoms with Crippen LogP contribution in [0.2, 0.25) is 5.02 Å². The molecule has 4 rings (SSSR count). The number of anilines is 1. The first-order valence-corrected chi connectivity index (χ1v) is 11.0. The first-order chi connectivity index (χ1) is 14.6. The van der Waals surface area contributed by atoms with Gasteiger partial charge in [0.1, 0.15) is 5.75 Å². The molecule has 0 aliphatic rings. The van der Waals surface area contributed by atoms with Gasteiger partial charge in [-0.25, -0.2) is 4.98 Å². The summed E-state index contributed by atoms with van der Waals surface area (Å²) >= 11 is 7.38. The predicted molar refractivity (Wildman–Crippen MR) is 125 cm³/mol. The van der Waals surface area contributed by atoms with Gasteiger partial charge in [-0.3, -0.25) is 4.79 Å². The fourth-order valence-corrected chi connectivity index (χ4v) is 4.15. The molecule has 0 spiro atoms. The summed E-state index contributed by atoms with van der Waals surface area (Å²) in [4.78, 5) is 16.8. The molecule has 152 valence electrons. The Morgan fingerprint density at radius 1 is 1.10 bits per heavy atom. The molecule has 0 saturated carbocycles. The number of nitrogens with zero attached hydrogens (tertiary/aromatic N) is 1. The Labute approximate surface area is 184 Å². The molecular weight excluding hydrogens is 416 g/mol. The number of halogens is 1. The minimum absolute atomic E-state index is 0.0640. The van der Waals surface area contributed by atoms with Crippen LogP contribution in [0.25, 0.3) is 22.0 Å². The van der Waals surface area contributed by atoms with E-state index in [1.165, 1.54) is 22.1 Å². The van der Waals surface area contributed by atoms with Crippen LogP contribution in [0.4, 0.5) is 5.13 Å². The van der Waals surface area contributed by atoms with Crippen molar-refractivity contribution in [1.82, 2.24) is 4.98 Å². The Balaban J connectivity index is 1.29. The Bertz CT molecular complexity index is 1190. The lowest BCUT2D eigenvalue weighted by atomic mass is 10.1. The SMILES string of the molecule is Cc1cc(Cl)ccc1OCCCC(=O)Nc1nc(-c2ccc3ccccc3c2)cs1. The van der Waals surface area contributed by atoms with E-state index in [9.17, 15) is 4.79 Å². The third-order valence-electron chi connectivity index (χ3n) is 4.74. The summed E-state index contributed by atoms with van der Waals surface area (Å²) in [6, 6.07) is 20.0. The molecule has 4 nitrogen and oxygen atoms in total. The minimum atomic E-state index is -0.0640. The van der Waals surface area contributed by atoms with Crippen molar-refractivity contribution in [3.05, 3.63) is 76.6 Å². The van der Waals surface area contributed by atoms with Crippen molar-refractivity contribution < 1.29 is 9.53 Å². The molecule has 0 bridgehead atoms. The number of fused-ring (bicyclic) bond motifs is 1. The fraction of sp³-hybridized carbons (Fsp3) is 0.167. The number of rotatable bonds is 7. The number of hydrogen-bond acceptors (Lipinski definition) is 4. The van der Waals surface area contributed by atoms with Crippen molar-refractivity contribution in [3.8, 4) is 17.0 Å². The van der Waals surface area contributed by atoms with E-state index < -0.39 is 0 Å². The number of nitrogens with one attached hydrogen (secondary N) is 1. The van der Waals surface area contributed by atoms with E-state index in [-0.39, 0.29) is 5.91 Å². The van der Waals surface area contributed by atoms with Gasteiger partial charge < -0.3 is 10.1 Å². The van der Waals surface area contributed by atoms with Gasteiger partial charge in [-0.05, 0) is 53.9 Å². The van der Waals surface area contributed by atoms with E-state index in [1.54, 1.807) is 6.07 Å². The molecular formula is C24H21ClN2O2S. The van der Waals surface area contributed by atoms with Crippen molar-refractivity contribution in [1.29, 1.82) is 0 Å². The Morgan fingerprint density at radius 3 is 2.77 bits per heavy atom. The Morgan fingerprint density at radius 2 is 1.93 bits per heavy atom. The molecule has 0 atom stereocenters. The summed E-state index contributed by atoms with van der Waals surface area (Å²) in [6.07, 6.45) is 0.994. The summed E-state index contributed by atoms with van der Waals surface area (Å²) in [6.45, 7) is 2.42. The van der Waals surface area contributed by atoms with Gasteiger partial charge in [0.05, 0.1) is 12.3 Å². The van der Waals surface area contributed by atoms with E-state index in [1.807, 2.05) is 36.6 Å². The van der Waals surface area contributed by atoms with Crippen molar-refractivity contribution in [2.45, 2.75) is 19.8 Å². The molecule has 1 heterocycles. The number of carbonyl (C=O) groups is 1. The highest BCUT2D eigenvalue weighted by Gasteiger charge is 2.09. The van der Waals surface area contributed by atoms with Gasteiger partial charge in [0.2, 0.25) is 5.91 Å². The minimum Gasteiger partial charge on any atom is -0.493 e. The monoisotopic (exact) mass is 436 g/mol. The number of hydrogen-bond donors (Lipinski definition) is 1. The molecule has 1 amide bonds. The van der Waals surface area contributed by atoms with Crippen molar-refractivity contribution in [2.24, 2.45) is 0 Å². The van der Waals surface area contributed by atoms with Crippen molar-refractivity contribution in [2.75, 3.05) is 11.9 Å². The third kappa shape index (κ3) is 4.99.